The number of carbonyl (C=O) groups excluding carboxylic acids is 1. The first kappa shape index (κ1) is 24.8. The first-order valence-corrected chi connectivity index (χ1v) is 12.3. The van der Waals surface area contributed by atoms with E-state index in [9.17, 15) is 14.7 Å². The lowest BCUT2D eigenvalue weighted by Gasteiger charge is -2.33. The molecular formula is C28H34N2O5. The average molecular weight is 479 g/mol. The number of carboxylic acid groups (broad SMARTS) is 1. The van der Waals surface area contributed by atoms with E-state index in [0.29, 0.717) is 43.0 Å². The van der Waals surface area contributed by atoms with Crippen molar-refractivity contribution in [3.05, 3.63) is 41.5 Å². The molecule has 0 amide bonds. The Labute approximate surface area is 206 Å². The first-order valence-electron chi connectivity index (χ1n) is 12.3. The van der Waals surface area contributed by atoms with E-state index in [0.717, 1.165) is 18.4 Å². The van der Waals surface area contributed by atoms with Gasteiger partial charge in [0.1, 0.15) is 5.78 Å². The van der Waals surface area contributed by atoms with Crippen LogP contribution in [0.1, 0.15) is 94.0 Å². The van der Waals surface area contributed by atoms with Gasteiger partial charge in [0, 0.05) is 24.6 Å². The van der Waals surface area contributed by atoms with Crippen molar-refractivity contribution in [3.8, 4) is 23.3 Å². The first-order chi connectivity index (χ1) is 16.6. The molecule has 1 heterocycles. The topological polar surface area (TPSA) is 90.6 Å². The molecule has 2 fully saturated rings. The summed E-state index contributed by atoms with van der Waals surface area (Å²) in [4.78, 5) is 28.0. The van der Waals surface area contributed by atoms with Crippen molar-refractivity contribution < 1.29 is 24.2 Å². The number of imidazole rings is 1. The average Bonchev–Trinajstić information content (AvgIpc) is 3.49. The van der Waals surface area contributed by atoms with E-state index >= 15 is 0 Å². The third-order valence-electron chi connectivity index (χ3n) is 7.03. The molecule has 0 saturated heterocycles. The summed E-state index contributed by atoms with van der Waals surface area (Å²) in [6, 6.07) is 5.93. The van der Waals surface area contributed by atoms with Crippen LogP contribution in [0.4, 0.5) is 0 Å². The molecule has 0 aliphatic heterocycles. The molecule has 1 N–H and O–H groups in total. The lowest BCUT2D eigenvalue weighted by atomic mass is 9.69. The Bertz CT molecular complexity index is 1160. The monoisotopic (exact) mass is 478 g/mol. The van der Waals surface area contributed by atoms with E-state index in [1.54, 1.807) is 11.7 Å². The van der Waals surface area contributed by atoms with E-state index < -0.39 is 11.4 Å². The van der Waals surface area contributed by atoms with Crippen molar-refractivity contribution in [2.75, 3.05) is 7.11 Å². The number of benzene rings is 1. The Morgan fingerprint density at radius 1 is 1.17 bits per heavy atom. The second kappa shape index (κ2) is 9.77. The van der Waals surface area contributed by atoms with Gasteiger partial charge in [-0.2, -0.15) is 0 Å². The van der Waals surface area contributed by atoms with Gasteiger partial charge in [-0.05, 0) is 82.9 Å². The maximum atomic E-state index is 12.1. The number of hydrogen-bond donors (Lipinski definition) is 1. The fourth-order valence-electron chi connectivity index (χ4n) is 4.95. The van der Waals surface area contributed by atoms with Crippen LogP contribution in [0.15, 0.2) is 24.4 Å². The number of aromatic carboxylic acids is 1. The Balaban J connectivity index is 1.77. The number of ketones is 1. The van der Waals surface area contributed by atoms with Crippen molar-refractivity contribution in [1.82, 2.24) is 9.55 Å². The Morgan fingerprint density at radius 2 is 1.86 bits per heavy atom. The minimum atomic E-state index is -1.09. The predicted octanol–water partition coefficient (Wildman–Crippen LogP) is 5.10. The highest BCUT2D eigenvalue weighted by molar-refractivity contribution is 5.85. The second-order valence-electron chi connectivity index (χ2n) is 10.6. The molecule has 35 heavy (non-hydrogen) atoms. The molecule has 2 aromatic rings. The molecule has 0 bridgehead atoms. The minimum absolute atomic E-state index is 0.0335. The number of carboxylic acids is 1. The summed E-state index contributed by atoms with van der Waals surface area (Å²) in [5.74, 6) is 7.58. The minimum Gasteiger partial charge on any atom is -0.493 e. The summed E-state index contributed by atoms with van der Waals surface area (Å²) in [7, 11) is 1.64. The molecule has 4 rings (SSSR count). The fraction of sp³-hybridized carbons (Fsp3) is 0.536. The summed E-state index contributed by atoms with van der Waals surface area (Å²) < 4.78 is 13.7. The number of aromatic nitrogens is 2. The summed E-state index contributed by atoms with van der Waals surface area (Å²) >= 11 is 0. The zero-order chi connectivity index (χ0) is 25.2. The molecule has 186 valence electrons. The number of carbonyl (C=O) groups is 2. The van der Waals surface area contributed by atoms with Gasteiger partial charge in [0.2, 0.25) is 0 Å². The standard InChI is InChI=1S/C28H34N2O5/c1-27(2,3)30-18-22(26(32)33)29-25(30)13-16-28(14-11-20(31)12-15-28)19-9-10-23(34-4)24(17-19)35-21-7-5-6-8-21/h9-10,17-18,21H,5-8,11-12,14-15H2,1-4H3,(H,32,33). The molecule has 7 heteroatoms. The highest BCUT2D eigenvalue weighted by Crippen LogP contribution is 2.42. The Hall–Kier alpha value is -3.27. The summed E-state index contributed by atoms with van der Waals surface area (Å²) in [6.45, 7) is 5.95. The number of hydrogen-bond acceptors (Lipinski definition) is 5. The number of rotatable bonds is 5. The summed E-state index contributed by atoms with van der Waals surface area (Å²) in [6.07, 6.45) is 8.22. The number of Topliss-reactive ketones (excluding diaryl/α,β-unsaturated/α-hetero) is 1. The maximum Gasteiger partial charge on any atom is 0.356 e. The third kappa shape index (κ3) is 5.37. The summed E-state index contributed by atoms with van der Waals surface area (Å²) in [5.41, 5.74) is 0.00174. The fourth-order valence-corrected chi connectivity index (χ4v) is 4.95. The van der Waals surface area contributed by atoms with E-state index in [1.165, 1.54) is 19.0 Å². The van der Waals surface area contributed by atoms with Crippen molar-refractivity contribution in [2.24, 2.45) is 0 Å². The summed E-state index contributed by atoms with van der Waals surface area (Å²) in [5, 5.41) is 9.47. The van der Waals surface area contributed by atoms with Crippen LogP contribution in [0.25, 0.3) is 0 Å². The van der Waals surface area contributed by atoms with Crippen LogP contribution in [-0.2, 0) is 15.7 Å². The zero-order valence-corrected chi connectivity index (χ0v) is 21.0. The molecule has 2 saturated carbocycles. The maximum absolute atomic E-state index is 12.1. The lowest BCUT2D eigenvalue weighted by Crippen LogP contribution is -2.31. The smallest absolute Gasteiger partial charge is 0.356 e. The molecule has 7 nitrogen and oxygen atoms in total. The van der Waals surface area contributed by atoms with Crippen LogP contribution in [0, 0.1) is 11.8 Å². The SMILES string of the molecule is COc1ccc(C2(C#Cc3nc(C(=O)O)cn3C(C)(C)C)CCC(=O)CC2)cc1OC1CCCC1. The van der Waals surface area contributed by atoms with Crippen molar-refractivity contribution in [1.29, 1.82) is 0 Å². The van der Waals surface area contributed by atoms with Crippen LogP contribution >= 0.6 is 0 Å². The van der Waals surface area contributed by atoms with Crippen LogP contribution < -0.4 is 9.47 Å². The van der Waals surface area contributed by atoms with Crippen LogP contribution in [0.5, 0.6) is 11.5 Å². The van der Waals surface area contributed by atoms with Gasteiger partial charge >= 0.3 is 5.97 Å². The van der Waals surface area contributed by atoms with E-state index in [4.69, 9.17) is 9.47 Å². The van der Waals surface area contributed by atoms with Gasteiger partial charge in [0.15, 0.2) is 23.0 Å². The Kier molecular flexibility index (Phi) is 6.93. The van der Waals surface area contributed by atoms with Crippen LogP contribution in [-0.4, -0.2) is 39.6 Å². The molecule has 0 atom stereocenters. The molecule has 0 unspecified atom stereocenters. The molecule has 2 aliphatic rings. The van der Waals surface area contributed by atoms with Crippen molar-refractivity contribution in [2.45, 2.75) is 89.2 Å². The van der Waals surface area contributed by atoms with Gasteiger partial charge in [0.05, 0.1) is 18.6 Å². The molecule has 1 aromatic heterocycles. The molecule has 2 aliphatic carbocycles. The van der Waals surface area contributed by atoms with Gasteiger partial charge in [-0.1, -0.05) is 12.0 Å². The molecular weight excluding hydrogens is 444 g/mol. The number of methoxy groups -OCH3 is 1. The van der Waals surface area contributed by atoms with Gasteiger partial charge in [0.25, 0.3) is 0 Å². The van der Waals surface area contributed by atoms with E-state index in [1.807, 2.05) is 39.0 Å². The molecule has 0 radical (unpaired) electrons. The number of ether oxygens (including phenoxy) is 2. The molecule has 0 spiro atoms. The quantitative estimate of drug-likeness (QED) is 0.602. The normalized spacial score (nSPS) is 18.1. The zero-order valence-electron chi connectivity index (χ0n) is 21.0. The van der Waals surface area contributed by atoms with Crippen molar-refractivity contribution in [3.63, 3.8) is 0 Å². The van der Waals surface area contributed by atoms with Gasteiger partial charge in [-0.25, -0.2) is 9.78 Å². The lowest BCUT2D eigenvalue weighted by molar-refractivity contribution is -0.120. The highest BCUT2D eigenvalue weighted by atomic mass is 16.5. The van der Waals surface area contributed by atoms with E-state index in [2.05, 4.69) is 16.8 Å². The van der Waals surface area contributed by atoms with Gasteiger partial charge in [-0.3, -0.25) is 4.79 Å². The predicted molar refractivity (Wildman–Crippen MR) is 132 cm³/mol. The van der Waals surface area contributed by atoms with Gasteiger partial charge in [-0.15, -0.1) is 0 Å². The van der Waals surface area contributed by atoms with E-state index in [-0.39, 0.29) is 23.1 Å². The second-order valence-corrected chi connectivity index (χ2v) is 10.6. The molecule has 1 aromatic carbocycles. The largest absolute Gasteiger partial charge is 0.493 e. The van der Waals surface area contributed by atoms with Crippen LogP contribution in [0.3, 0.4) is 0 Å². The van der Waals surface area contributed by atoms with Gasteiger partial charge < -0.3 is 19.1 Å². The van der Waals surface area contributed by atoms with Crippen LogP contribution in [0.2, 0.25) is 0 Å². The van der Waals surface area contributed by atoms with Crippen molar-refractivity contribution >= 4 is 11.8 Å². The number of nitrogens with zero attached hydrogens (tertiary/aromatic N) is 2. The third-order valence-corrected chi connectivity index (χ3v) is 7.03. The Morgan fingerprint density at radius 3 is 2.46 bits per heavy atom. The highest BCUT2D eigenvalue weighted by Gasteiger charge is 2.36.